The van der Waals surface area contributed by atoms with E-state index in [1.165, 1.54) is 0 Å². The molecule has 0 spiro atoms. The van der Waals surface area contributed by atoms with Crippen molar-refractivity contribution >= 4 is 5.97 Å². The van der Waals surface area contributed by atoms with Crippen LogP contribution in [0.4, 0.5) is 0 Å². The number of benzene rings is 1. The van der Waals surface area contributed by atoms with Crippen LogP contribution in [0.15, 0.2) is 30.3 Å². The monoisotopic (exact) mass is 351 g/mol. The Morgan fingerprint density at radius 1 is 1.00 bits per heavy atom. The lowest BCUT2D eigenvalue weighted by Crippen LogP contribution is -2.44. The molecule has 0 saturated carbocycles. The largest absolute Gasteiger partial charge is 0.633 e. The zero-order valence-electron chi connectivity index (χ0n) is 16.1. The van der Waals surface area contributed by atoms with Gasteiger partial charge in [-0.25, -0.2) is 0 Å². The molecule has 0 aliphatic heterocycles. The van der Waals surface area contributed by atoms with E-state index in [-0.39, 0.29) is 17.2 Å². The quantitative estimate of drug-likeness (QED) is 0.250. The van der Waals surface area contributed by atoms with Crippen LogP contribution in [-0.2, 0) is 19.7 Å². The van der Waals surface area contributed by atoms with Gasteiger partial charge in [0.2, 0.25) is 0 Å². The molecule has 0 aliphatic carbocycles. The van der Waals surface area contributed by atoms with Crippen LogP contribution >= 0.6 is 0 Å². The fraction of sp³-hybridized carbons (Fsp3) is 0.650. The second-order valence-corrected chi connectivity index (χ2v) is 6.32. The average molecular weight is 351 g/mol. The van der Waals surface area contributed by atoms with Gasteiger partial charge in [-0.2, -0.15) is 0 Å². The zero-order chi connectivity index (χ0) is 18.8. The van der Waals surface area contributed by atoms with E-state index in [2.05, 4.69) is 0 Å². The van der Waals surface area contributed by atoms with Gasteiger partial charge in [0.15, 0.2) is 0 Å². The lowest BCUT2D eigenvalue weighted by molar-refractivity contribution is -0.877. The Hall–Kier alpha value is -1.43. The van der Waals surface area contributed by atoms with Gasteiger partial charge in [-0.3, -0.25) is 4.79 Å². The number of carbonyl (C=O) groups is 1. The number of quaternary nitrogens is 1. The van der Waals surface area contributed by atoms with Crippen LogP contribution in [0.3, 0.4) is 0 Å². The minimum absolute atomic E-state index is 0.205. The van der Waals surface area contributed by atoms with Crippen LogP contribution in [0.1, 0.15) is 46.1 Å². The number of ether oxygens (including phenoxy) is 2. The molecule has 0 heterocycles. The summed E-state index contributed by atoms with van der Waals surface area (Å²) < 4.78 is 10.7. The number of likely N-dealkylation sites (N-methyl/N-ethyl adjacent to an activating group) is 1. The lowest BCUT2D eigenvalue weighted by atomic mass is 9.76. The lowest BCUT2D eigenvalue weighted by Gasteiger charge is -2.40. The Bertz CT molecular complexity index is 496. The Morgan fingerprint density at radius 3 is 2.12 bits per heavy atom. The van der Waals surface area contributed by atoms with Crippen molar-refractivity contribution in [3.05, 3.63) is 41.1 Å². The second-order valence-electron chi connectivity index (χ2n) is 6.32. The summed E-state index contributed by atoms with van der Waals surface area (Å²) in [6, 6.07) is 9.79. The van der Waals surface area contributed by atoms with Gasteiger partial charge in [0.05, 0.1) is 31.7 Å². The molecule has 0 aliphatic rings. The molecule has 0 radical (unpaired) electrons. The van der Waals surface area contributed by atoms with Crippen molar-refractivity contribution in [1.82, 2.24) is 0 Å². The molecule has 0 unspecified atom stereocenters. The van der Waals surface area contributed by atoms with Crippen molar-refractivity contribution < 1.29 is 18.9 Å². The molecule has 1 aromatic carbocycles. The first-order valence-corrected chi connectivity index (χ1v) is 9.35. The smallest absolute Gasteiger partial charge is 0.316 e. The van der Waals surface area contributed by atoms with E-state index in [4.69, 9.17) is 9.47 Å². The van der Waals surface area contributed by atoms with Gasteiger partial charge >= 0.3 is 5.97 Å². The van der Waals surface area contributed by atoms with Crippen LogP contribution in [0.5, 0.6) is 0 Å². The van der Waals surface area contributed by atoms with Crippen LogP contribution in [0.25, 0.3) is 0 Å². The van der Waals surface area contributed by atoms with Gasteiger partial charge in [-0.15, -0.1) is 0 Å². The molecule has 0 atom stereocenters. The number of hydroxylamine groups is 3. The number of rotatable bonds is 12. The zero-order valence-corrected chi connectivity index (χ0v) is 16.1. The highest BCUT2D eigenvalue weighted by Crippen LogP contribution is 2.33. The first kappa shape index (κ1) is 21.6. The minimum atomic E-state index is -0.604. The summed E-state index contributed by atoms with van der Waals surface area (Å²) in [6.07, 6.45) is 1.38. The van der Waals surface area contributed by atoms with Gasteiger partial charge in [0.1, 0.15) is 13.2 Å². The van der Waals surface area contributed by atoms with Crippen molar-refractivity contribution in [2.45, 2.75) is 46.0 Å². The highest BCUT2D eigenvalue weighted by Gasteiger charge is 2.38. The Labute approximate surface area is 152 Å². The summed E-state index contributed by atoms with van der Waals surface area (Å²) in [5.74, 6) is -0.205. The van der Waals surface area contributed by atoms with Crippen molar-refractivity contribution in [3.63, 3.8) is 0 Å². The van der Waals surface area contributed by atoms with E-state index in [0.29, 0.717) is 45.7 Å². The summed E-state index contributed by atoms with van der Waals surface area (Å²) in [6.45, 7) is 10.2. The van der Waals surface area contributed by atoms with Crippen LogP contribution in [0.2, 0.25) is 0 Å². The predicted octanol–water partition coefficient (Wildman–Crippen LogP) is 3.66. The van der Waals surface area contributed by atoms with E-state index >= 15 is 0 Å². The van der Waals surface area contributed by atoms with Gasteiger partial charge in [0.25, 0.3) is 0 Å². The van der Waals surface area contributed by atoms with E-state index in [1.54, 1.807) is 0 Å². The molecule has 0 amide bonds. The van der Waals surface area contributed by atoms with E-state index in [9.17, 15) is 10.0 Å². The molecular weight excluding hydrogens is 318 g/mol. The third-order valence-corrected chi connectivity index (χ3v) is 5.18. The molecule has 5 heteroatoms. The van der Waals surface area contributed by atoms with Gasteiger partial charge in [-0.05, 0) is 32.3 Å². The molecule has 142 valence electrons. The topological polar surface area (TPSA) is 58.6 Å². The van der Waals surface area contributed by atoms with Crippen LogP contribution < -0.4 is 0 Å². The molecular formula is C20H33NO4. The molecule has 1 rings (SSSR count). The Morgan fingerprint density at radius 2 is 1.60 bits per heavy atom. The Balaban J connectivity index is 2.47. The molecule has 1 aromatic rings. The summed E-state index contributed by atoms with van der Waals surface area (Å²) in [5.41, 5.74) is 0.387. The van der Waals surface area contributed by atoms with E-state index < -0.39 is 5.41 Å². The summed E-state index contributed by atoms with van der Waals surface area (Å²) in [7, 11) is 0. The summed E-state index contributed by atoms with van der Waals surface area (Å²) >= 11 is 0. The Kier molecular flexibility index (Phi) is 9.11. The van der Waals surface area contributed by atoms with Gasteiger partial charge < -0.3 is 19.3 Å². The second kappa shape index (κ2) is 10.5. The number of nitrogens with zero attached hydrogens (tertiary/aromatic N) is 1. The highest BCUT2D eigenvalue weighted by molar-refractivity contribution is 5.83. The maximum atomic E-state index is 12.7. The van der Waals surface area contributed by atoms with Crippen LogP contribution in [0, 0.1) is 5.21 Å². The average Bonchev–Trinajstić information content (AvgIpc) is 2.66. The molecule has 0 aromatic heterocycles. The SMILES string of the molecule is CCC(CC)(C(=O)OCCOCC[N+]([O-])(CC)CC)c1ccccc1. The van der Waals surface area contributed by atoms with Crippen molar-refractivity contribution in [3.8, 4) is 0 Å². The number of esters is 1. The molecule has 0 saturated heterocycles. The fourth-order valence-electron chi connectivity index (χ4n) is 3.03. The fourth-order valence-corrected chi connectivity index (χ4v) is 3.03. The third-order valence-electron chi connectivity index (χ3n) is 5.18. The van der Waals surface area contributed by atoms with Gasteiger partial charge in [-0.1, -0.05) is 44.2 Å². The third kappa shape index (κ3) is 5.80. The van der Waals surface area contributed by atoms with Crippen molar-refractivity contribution in [1.29, 1.82) is 0 Å². The van der Waals surface area contributed by atoms with Crippen LogP contribution in [-0.4, -0.2) is 50.1 Å². The molecule has 0 bridgehead atoms. The van der Waals surface area contributed by atoms with E-state index in [1.807, 2.05) is 58.0 Å². The molecule has 0 N–H and O–H groups in total. The summed E-state index contributed by atoms with van der Waals surface area (Å²) in [5, 5.41) is 12.1. The van der Waals surface area contributed by atoms with E-state index in [0.717, 1.165) is 5.56 Å². The number of hydrogen-bond acceptors (Lipinski definition) is 4. The number of carbonyl (C=O) groups excluding carboxylic acids is 1. The summed E-state index contributed by atoms with van der Waals surface area (Å²) in [4.78, 5) is 12.7. The van der Waals surface area contributed by atoms with Crippen molar-refractivity contribution in [2.75, 3.05) is 39.5 Å². The highest BCUT2D eigenvalue weighted by atomic mass is 16.6. The first-order chi connectivity index (χ1) is 12.0. The maximum absolute atomic E-state index is 12.7. The van der Waals surface area contributed by atoms with Gasteiger partial charge in [0, 0.05) is 0 Å². The first-order valence-electron chi connectivity index (χ1n) is 9.35. The molecule has 0 fully saturated rings. The normalized spacial score (nSPS) is 12.2. The molecule has 25 heavy (non-hydrogen) atoms. The maximum Gasteiger partial charge on any atom is 0.316 e. The van der Waals surface area contributed by atoms with Crippen molar-refractivity contribution in [2.24, 2.45) is 0 Å². The molecule has 5 nitrogen and oxygen atoms in total. The number of hydrogen-bond donors (Lipinski definition) is 0. The predicted molar refractivity (Wildman–Crippen MR) is 100 cm³/mol. The minimum Gasteiger partial charge on any atom is -0.633 e. The standard InChI is InChI=1S/C20H33NO4/c1-5-20(6-2,18-12-10-9-11-13-18)19(22)25-17-16-24-15-14-21(23,7-3)8-4/h9-13H,5-8,14-17H2,1-4H3.